The molecule has 3 aromatic heterocycles. The third-order valence-electron chi connectivity index (χ3n) is 4.51. The van der Waals surface area contributed by atoms with Crippen LogP contribution in [-0.2, 0) is 6.54 Å². The molecule has 0 amide bonds. The number of allylic oxidation sites excluding steroid dienone is 1. The molecule has 8 heteroatoms. The molecule has 4 aromatic rings. The molecule has 6 nitrogen and oxygen atoms in total. The molecule has 29 heavy (non-hydrogen) atoms. The summed E-state index contributed by atoms with van der Waals surface area (Å²) in [7, 11) is 0. The van der Waals surface area contributed by atoms with Crippen LogP contribution in [0.2, 0.25) is 0 Å². The fraction of sp³-hybridized carbons (Fsp3) is 0.238. The van der Waals surface area contributed by atoms with E-state index in [-0.39, 0.29) is 10.8 Å². The third kappa shape index (κ3) is 3.77. The van der Waals surface area contributed by atoms with Gasteiger partial charge >= 0.3 is 0 Å². The highest BCUT2D eigenvalue weighted by molar-refractivity contribution is 7.99. The predicted molar refractivity (Wildman–Crippen MR) is 118 cm³/mol. The number of aryl methyl sites for hydroxylation is 2. The normalized spacial score (nSPS) is 12.4. The quantitative estimate of drug-likeness (QED) is 0.242. The SMILES string of the molecule is C=CCn1c(SC(C)c2nc(C)no2)nc2scc(-c3ccc(C)cc3)c2c1=O. The Morgan fingerprint density at radius 1 is 1.28 bits per heavy atom. The summed E-state index contributed by atoms with van der Waals surface area (Å²) in [6.45, 7) is 9.96. The Kier molecular flexibility index (Phi) is 5.38. The maximum absolute atomic E-state index is 13.4. The van der Waals surface area contributed by atoms with Gasteiger partial charge in [-0.05, 0) is 26.3 Å². The van der Waals surface area contributed by atoms with Crippen molar-refractivity contribution < 1.29 is 4.52 Å². The third-order valence-corrected chi connectivity index (χ3v) is 6.46. The van der Waals surface area contributed by atoms with Crippen LogP contribution in [0.3, 0.4) is 0 Å². The first-order valence-electron chi connectivity index (χ1n) is 9.14. The molecule has 4 rings (SSSR count). The molecule has 1 atom stereocenters. The van der Waals surface area contributed by atoms with E-state index in [2.05, 4.69) is 16.7 Å². The number of rotatable bonds is 6. The van der Waals surface area contributed by atoms with E-state index >= 15 is 0 Å². The lowest BCUT2D eigenvalue weighted by atomic mass is 10.1. The number of fused-ring (bicyclic) bond motifs is 1. The average Bonchev–Trinajstić information content (AvgIpc) is 3.32. The fourth-order valence-corrected chi connectivity index (χ4v) is 4.96. The van der Waals surface area contributed by atoms with Gasteiger partial charge in [-0.2, -0.15) is 4.98 Å². The Balaban J connectivity index is 1.82. The molecule has 1 aromatic carbocycles. The van der Waals surface area contributed by atoms with Crippen molar-refractivity contribution in [3.63, 3.8) is 0 Å². The molecule has 0 saturated heterocycles. The van der Waals surface area contributed by atoms with E-state index in [4.69, 9.17) is 9.51 Å². The molecule has 3 heterocycles. The first-order chi connectivity index (χ1) is 14.0. The zero-order valence-corrected chi connectivity index (χ0v) is 18.0. The summed E-state index contributed by atoms with van der Waals surface area (Å²) in [5.41, 5.74) is 3.04. The zero-order chi connectivity index (χ0) is 20.5. The molecule has 0 radical (unpaired) electrons. The van der Waals surface area contributed by atoms with E-state index in [1.165, 1.54) is 28.7 Å². The lowest BCUT2D eigenvalue weighted by Gasteiger charge is -2.12. The average molecular weight is 425 g/mol. The summed E-state index contributed by atoms with van der Waals surface area (Å²) in [4.78, 5) is 23.2. The van der Waals surface area contributed by atoms with Gasteiger partial charge in [0.15, 0.2) is 11.0 Å². The van der Waals surface area contributed by atoms with Crippen molar-refractivity contribution in [1.82, 2.24) is 19.7 Å². The van der Waals surface area contributed by atoms with Crippen molar-refractivity contribution in [1.29, 1.82) is 0 Å². The molecule has 0 aliphatic heterocycles. The van der Waals surface area contributed by atoms with E-state index in [0.717, 1.165) is 16.0 Å². The Hall–Kier alpha value is -2.71. The summed E-state index contributed by atoms with van der Waals surface area (Å²) >= 11 is 2.91. The largest absolute Gasteiger partial charge is 0.338 e. The van der Waals surface area contributed by atoms with Gasteiger partial charge in [0.2, 0.25) is 5.89 Å². The minimum atomic E-state index is -0.131. The van der Waals surface area contributed by atoms with Gasteiger partial charge in [0, 0.05) is 17.5 Å². The zero-order valence-electron chi connectivity index (χ0n) is 16.4. The minimum Gasteiger partial charge on any atom is -0.338 e. The maximum Gasteiger partial charge on any atom is 0.263 e. The van der Waals surface area contributed by atoms with Crippen LogP contribution < -0.4 is 5.56 Å². The van der Waals surface area contributed by atoms with E-state index in [1.807, 2.05) is 43.5 Å². The van der Waals surface area contributed by atoms with Crippen molar-refractivity contribution in [2.75, 3.05) is 0 Å². The molecule has 0 aliphatic rings. The van der Waals surface area contributed by atoms with E-state index in [9.17, 15) is 4.79 Å². The standard InChI is InChI=1S/C21H20N4O2S2/c1-5-10-25-20(26)17-16(15-8-6-12(2)7-9-15)11-28-19(17)23-21(25)29-13(3)18-22-14(4)24-27-18/h5-9,11,13H,1,10H2,2-4H3. The van der Waals surface area contributed by atoms with Crippen LogP contribution in [0.1, 0.15) is 29.5 Å². The summed E-state index contributed by atoms with van der Waals surface area (Å²) < 4.78 is 6.93. The van der Waals surface area contributed by atoms with Crippen molar-refractivity contribution in [3.05, 3.63) is 69.9 Å². The molecular formula is C21H20N4O2S2. The second-order valence-electron chi connectivity index (χ2n) is 6.73. The van der Waals surface area contributed by atoms with E-state index in [0.29, 0.717) is 28.8 Å². The number of aromatic nitrogens is 4. The van der Waals surface area contributed by atoms with Gasteiger partial charge in [-0.3, -0.25) is 9.36 Å². The number of thiophene rings is 1. The van der Waals surface area contributed by atoms with Gasteiger partial charge in [0.1, 0.15) is 4.83 Å². The van der Waals surface area contributed by atoms with Crippen molar-refractivity contribution in [2.45, 2.75) is 37.7 Å². The van der Waals surface area contributed by atoms with Crippen molar-refractivity contribution in [2.24, 2.45) is 0 Å². The Bertz CT molecular complexity index is 1240. The lowest BCUT2D eigenvalue weighted by molar-refractivity contribution is 0.376. The summed E-state index contributed by atoms with van der Waals surface area (Å²) in [5.74, 6) is 1.10. The topological polar surface area (TPSA) is 73.8 Å². The van der Waals surface area contributed by atoms with Gasteiger partial charge in [0.05, 0.1) is 10.6 Å². The second-order valence-corrected chi connectivity index (χ2v) is 8.90. The van der Waals surface area contributed by atoms with Crippen molar-refractivity contribution >= 4 is 33.3 Å². The summed E-state index contributed by atoms with van der Waals surface area (Å²) in [6.07, 6.45) is 1.71. The van der Waals surface area contributed by atoms with Crippen LogP contribution in [-0.4, -0.2) is 19.7 Å². The Morgan fingerprint density at radius 3 is 2.69 bits per heavy atom. The molecule has 1 unspecified atom stereocenters. The first kappa shape index (κ1) is 19.6. The van der Waals surface area contributed by atoms with Gasteiger partial charge < -0.3 is 4.52 Å². The van der Waals surface area contributed by atoms with E-state index in [1.54, 1.807) is 17.6 Å². The minimum absolute atomic E-state index is 0.0665. The number of hydrogen-bond acceptors (Lipinski definition) is 7. The van der Waals surface area contributed by atoms with Gasteiger partial charge in [-0.15, -0.1) is 17.9 Å². The lowest BCUT2D eigenvalue weighted by Crippen LogP contribution is -2.22. The highest BCUT2D eigenvalue weighted by Gasteiger charge is 2.21. The highest BCUT2D eigenvalue weighted by atomic mass is 32.2. The molecular weight excluding hydrogens is 404 g/mol. The molecule has 0 saturated carbocycles. The monoisotopic (exact) mass is 424 g/mol. The number of hydrogen-bond donors (Lipinski definition) is 0. The predicted octanol–water partition coefficient (Wildman–Crippen LogP) is 5.16. The molecule has 0 bridgehead atoms. The van der Waals surface area contributed by atoms with Crippen LogP contribution in [0.4, 0.5) is 0 Å². The van der Waals surface area contributed by atoms with Crippen LogP contribution >= 0.6 is 23.1 Å². The molecule has 0 spiro atoms. The Labute approximate surface area is 176 Å². The van der Waals surface area contributed by atoms with Gasteiger partial charge in [-0.25, -0.2) is 4.98 Å². The summed E-state index contributed by atoms with van der Waals surface area (Å²) in [6, 6.07) is 8.17. The second kappa shape index (κ2) is 7.96. The van der Waals surface area contributed by atoms with Crippen LogP contribution in [0, 0.1) is 13.8 Å². The molecule has 148 valence electrons. The van der Waals surface area contributed by atoms with Crippen LogP contribution in [0.25, 0.3) is 21.3 Å². The molecule has 0 fully saturated rings. The van der Waals surface area contributed by atoms with Crippen LogP contribution in [0.5, 0.6) is 0 Å². The summed E-state index contributed by atoms with van der Waals surface area (Å²) in [5, 5.41) is 6.97. The van der Waals surface area contributed by atoms with Gasteiger partial charge in [-0.1, -0.05) is 52.8 Å². The fourth-order valence-electron chi connectivity index (χ4n) is 3.02. The highest BCUT2D eigenvalue weighted by Crippen LogP contribution is 2.36. The van der Waals surface area contributed by atoms with E-state index < -0.39 is 0 Å². The first-order valence-corrected chi connectivity index (χ1v) is 10.9. The van der Waals surface area contributed by atoms with Crippen LogP contribution in [0.15, 0.2) is 56.8 Å². The number of nitrogens with zero attached hydrogens (tertiary/aromatic N) is 4. The maximum atomic E-state index is 13.4. The Morgan fingerprint density at radius 2 is 2.03 bits per heavy atom. The smallest absolute Gasteiger partial charge is 0.263 e. The number of thioether (sulfide) groups is 1. The van der Waals surface area contributed by atoms with Gasteiger partial charge in [0.25, 0.3) is 5.56 Å². The molecule has 0 N–H and O–H groups in total. The number of benzene rings is 1. The van der Waals surface area contributed by atoms with Crippen molar-refractivity contribution in [3.8, 4) is 11.1 Å². The molecule has 0 aliphatic carbocycles.